The number of rotatable bonds is 6. The molecule has 1 atom stereocenters. The molecule has 1 unspecified atom stereocenters. The fraction of sp³-hybridized carbons (Fsp3) is 0.235. The van der Waals surface area contributed by atoms with Crippen molar-refractivity contribution in [3.05, 3.63) is 71.3 Å². The normalized spacial score (nSPS) is 13.6. The van der Waals surface area contributed by atoms with Crippen molar-refractivity contribution in [2.24, 2.45) is 5.73 Å². The summed E-state index contributed by atoms with van der Waals surface area (Å²) >= 11 is 1.54. The molecular weight excluding hydrogens is 282 g/mol. The van der Waals surface area contributed by atoms with Gasteiger partial charge in [-0.05, 0) is 23.6 Å². The molecule has 0 spiro atoms. The van der Waals surface area contributed by atoms with Crippen molar-refractivity contribution in [3.63, 3.8) is 0 Å². The molecule has 0 fully saturated rings. The molecule has 0 aliphatic rings. The highest BCUT2D eigenvalue weighted by molar-refractivity contribution is 7.98. The van der Waals surface area contributed by atoms with Gasteiger partial charge in [-0.25, -0.2) is 4.79 Å². The summed E-state index contributed by atoms with van der Waals surface area (Å²) in [4.78, 5) is 11.6. The van der Waals surface area contributed by atoms with E-state index in [9.17, 15) is 9.90 Å². The maximum Gasteiger partial charge on any atom is 0.329 e. The molecule has 0 aliphatic heterocycles. The second kappa shape index (κ2) is 6.78. The summed E-state index contributed by atoms with van der Waals surface area (Å²) in [6, 6.07) is 17.1. The number of carboxylic acids is 1. The van der Waals surface area contributed by atoms with Crippen LogP contribution in [-0.4, -0.2) is 16.8 Å². The van der Waals surface area contributed by atoms with E-state index in [1.807, 2.05) is 30.3 Å². The van der Waals surface area contributed by atoms with E-state index in [-0.39, 0.29) is 0 Å². The average molecular weight is 301 g/mol. The minimum atomic E-state index is -1.35. The Hall–Kier alpha value is -1.78. The van der Waals surface area contributed by atoms with Gasteiger partial charge < -0.3 is 10.8 Å². The number of hydrogen-bond acceptors (Lipinski definition) is 3. The minimum absolute atomic E-state index is 0.334. The van der Waals surface area contributed by atoms with E-state index in [1.165, 1.54) is 11.1 Å². The highest BCUT2D eigenvalue weighted by Crippen LogP contribution is 2.26. The van der Waals surface area contributed by atoms with Crippen LogP contribution in [0.3, 0.4) is 0 Å². The molecule has 2 rings (SSSR count). The van der Waals surface area contributed by atoms with Crippen LogP contribution in [0, 0.1) is 6.92 Å². The number of hydrogen-bond donors (Lipinski definition) is 2. The van der Waals surface area contributed by atoms with E-state index in [2.05, 4.69) is 19.1 Å². The van der Waals surface area contributed by atoms with E-state index in [0.29, 0.717) is 11.3 Å². The molecule has 4 heteroatoms. The standard InChI is InChI=1S/C17H19NO2S/c1-13-7-5-6-8-14(13)11-21-12-17(18,16(19)20)15-9-3-2-4-10-15/h2-10H,11-12,18H2,1H3,(H,19,20). The van der Waals surface area contributed by atoms with Gasteiger partial charge in [0.2, 0.25) is 0 Å². The average Bonchev–Trinajstić information content (AvgIpc) is 2.49. The van der Waals surface area contributed by atoms with Gasteiger partial charge in [0.05, 0.1) is 0 Å². The van der Waals surface area contributed by atoms with Gasteiger partial charge in [-0.15, -0.1) is 0 Å². The Balaban J connectivity index is 2.08. The number of nitrogens with two attached hydrogens (primary N) is 1. The molecule has 0 saturated heterocycles. The van der Waals surface area contributed by atoms with E-state index in [4.69, 9.17) is 5.73 Å². The molecule has 21 heavy (non-hydrogen) atoms. The Morgan fingerprint density at radius 3 is 2.38 bits per heavy atom. The molecule has 2 aromatic carbocycles. The fourth-order valence-electron chi connectivity index (χ4n) is 2.10. The SMILES string of the molecule is Cc1ccccc1CSCC(N)(C(=O)O)c1ccccc1. The lowest BCUT2D eigenvalue weighted by atomic mass is 9.93. The van der Waals surface area contributed by atoms with Crippen molar-refractivity contribution in [2.45, 2.75) is 18.2 Å². The van der Waals surface area contributed by atoms with Crippen LogP contribution in [0.25, 0.3) is 0 Å². The summed E-state index contributed by atoms with van der Waals surface area (Å²) in [5, 5.41) is 9.50. The van der Waals surface area contributed by atoms with E-state index >= 15 is 0 Å². The molecule has 0 aliphatic carbocycles. The Kier molecular flexibility index (Phi) is 5.04. The highest BCUT2D eigenvalue weighted by atomic mass is 32.2. The topological polar surface area (TPSA) is 63.3 Å². The van der Waals surface area contributed by atoms with Crippen molar-refractivity contribution in [1.82, 2.24) is 0 Å². The first kappa shape index (κ1) is 15.6. The van der Waals surface area contributed by atoms with Crippen LogP contribution in [0.1, 0.15) is 16.7 Å². The van der Waals surface area contributed by atoms with Crippen LogP contribution in [0.5, 0.6) is 0 Å². The Morgan fingerprint density at radius 1 is 1.14 bits per heavy atom. The molecule has 0 amide bonds. The zero-order chi connectivity index (χ0) is 15.3. The minimum Gasteiger partial charge on any atom is -0.480 e. The van der Waals surface area contributed by atoms with Crippen LogP contribution in [-0.2, 0) is 16.1 Å². The Labute approximate surface area is 129 Å². The smallest absolute Gasteiger partial charge is 0.329 e. The lowest BCUT2D eigenvalue weighted by Crippen LogP contribution is -2.47. The summed E-state index contributed by atoms with van der Waals surface area (Å²) in [5.74, 6) is 0.0952. The van der Waals surface area contributed by atoms with Crippen LogP contribution in [0.4, 0.5) is 0 Å². The first-order valence-corrected chi connectivity index (χ1v) is 7.89. The first-order chi connectivity index (χ1) is 10.0. The van der Waals surface area contributed by atoms with Gasteiger partial charge >= 0.3 is 5.97 Å². The maximum absolute atomic E-state index is 11.6. The zero-order valence-corrected chi connectivity index (χ0v) is 12.8. The maximum atomic E-state index is 11.6. The third-order valence-electron chi connectivity index (χ3n) is 3.52. The number of carbonyl (C=O) groups is 1. The van der Waals surface area contributed by atoms with Gasteiger partial charge in [0.1, 0.15) is 5.54 Å². The van der Waals surface area contributed by atoms with Crippen molar-refractivity contribution < 1.29 is 9.90 Å². The summed E-state index contributed by atoms with van der Waals surface area (Å²) in [6.45, 7) is 2.06. The van der Waals surface area contributed by atoms with E-state index < -0.39 is 11.5 Å². The van der Waals surface area contributed by atoms with E-state index in [0.717, 1.165) is 5.75 Å². The third-order valence-corrected chi connectivity index (χ3v) is 4.69. The molecule has 0 heterocycles. The quantitative estimate of drug-likeness (QED) is 0.860. The largest absolute Gasteiger partial charge is 0.480 e. The second-order valence-electron chi connectivity index (χ2n) is 5.06. The predicted molar refractivity (Wildman–Crippen MR) is 87.3 cm³/mol. The summed E-state index contributed by atoms with van der Waals surface area (Å²) < 4.78 is 0. The molecule has 2 aromatic rings. The third kappa shape index (κ3) is 3.65. The molecular formula is C17H19NO2S. The number of aliphatic carboxylic acids is 1. The van der Waals surface area contributed by atoms with Crippen LogP contribution < -0.4 is 5.73 Å². The lowest BCUT2D eigenvalue weighted by molar-refractivity contribution is -0.142. The van der Waals surface area contributed by atoms with Gasteiger partial charge in [0.15, 0.2) is 0 Å². The van der Waals surface area contributed by atoms with Gasteiger partial charge in [-0.2, -0.15) is 11.8 Å². The highest BCUT2D eigenvalue weighted by Gasteiger charge is 2.35. The molecule has 0 radical (unpaired) electrons. The molecule has 110 valence electrons. The summed E-state index contributed by atoms with van der Waals surface area (Å²) in [5.41, 5.74) is 7.85. The fourth-order valence-corrected chi connectivity index (χ4v) is 3.36. The predicted octanol–water partition coefficient (Wildman–Crippen LogP) is 3.17. The second-order valence-corrected chi connectivity index (χ2v) is 6.05. The van der Waals surface area contributed by atoms with Gasteiger partial charge in [0.25, 0.3) is 0 Å². The number of benzene rings is 2. The molecule has 3 nitrogen and oxygen atoms in total. The number of thioether (sulfide) groups is 1. The van der Waals surface area contributed by atoms with Crippen LogP contribution in [0.15, 0.2) is 54.6 Å². The lowest BCUT2D eigenvalue weighted by Gasteiger charge is -2.25. The zero-order valence-electron chi connectivity index (χ0n) is 12.0. The van der Waals surface area contributed by atoms with Crippen molar-refractivity contribution in [2.75, 3.05) is 5.75 Å². The first-order valence-electron chi connectivity index (χ1n) is 6.74. The number of aryl methyl sites for hydroxylation is 1. The van der Waals surface area contributed by atoms with Crippen LogP contribution >= 0.6 is 11.8 Å². The molecule has 3 N–H and O–H groups in total. The molecule has 0 aromatic heterocycles. The Bertz CT molecular complexity index is 615. The van der Waals surface area contributed by atoms with Crippen LogP contribution in [0.2, 0.25) is 0 Å². The van der Waals surface area contributed by atoms with Gasteiger partial charge in [-0.3, -0.25) is 0 Å². The summed E-state index contributed by atoms with van der Waals surface area (Å²) in [7, 11) is 0. The number of carboxylic acid groups (broad SMARTS) is 1. The van der Waals surface area contributed by atoms with Crippen molar-refractivity contribution in [1.29, 1.82) is 0 Å². The molecule has 0 saturated carbocycles. The van der Waals surface area contributed by atoms with E-state index in [1.54, 1.807) is 23.9 Å². The molecule has 0 bridgehead atoms. The Morgan fingerprint density at radius 2 is 1.76 bits per heavy atom. The van der Waals surface area contributed by atoms with Gasteiger partial charge in [-0.1, -0.05) is 54.6 Å². The van der Waals surface area contributed by atoms with Crippen molar-refractivity contribution in [3.8, 4) is 0 Å². The van der Waals surface area contributed by atoms with Gasteiger partial charge in [0, 0.05) is 11.5 Å². The summed E-state index contributed by atoms with van der Waals surface area (Å²) in [6.07, 6.45) is 0. The van der Waals surface area contributed by atoms with Crippen molar-refractivity contribution >= 4 is 17.7 Å². The monoisotopic (exact) mass is 301 g/mol.